The summed E-state index contributed by atoms with van der Waals surface area (Å²) >= 11 is 0. The number of likely N-dealkylation sites (N-methyl/N-ethyl adjacent to an activating group) is 1. The third-order valence-electron chi connectivity index (χ3n) is 8.50. The maximum Gasteiger partial charge on any atom is 0.325 e. The van der Waals surface area contributed by atoms with E-state index in [0.717, 1.165) is 63.1 Å². The zero-order chi connectivity index (χ0) is 26.4. The van der Waals surface area contributed by atoms with Crippen LogP contribution in [-0.4, -0.2) is 95.5 Å². The number of anilines is 4. The number of carbonyl (C=O) groups is 2. The number of piperazine rings is 1. The Hall–Kier alpha value is -3.66. The van der Waals surface area contributed by atoms with Crippen molar-refractivity contribution in [1.82, 2.24) is 24.7 Å². The maximum atomic E-state index is 13.4. The number of nitrogens with one attached hydrogen (secondary N) is 1. The van der Waals surface area contributed by atoms with E-state index in [9.17, 15) is 9.59 Å². The Labute approximate surface area is 223 Å². The van der Waals surface area contributed by atoms with Gasteiger partial charge in [0.2, 0.25) is 11.9 Å². The summed E-state index contributed by atoms with van der Waals surface area (Å²) < 4.78 is 0. The fourth-order valence-corrected chi connectivity index (χ4v) is 6.13. The van der Waals surface area contributed by atoms with Gasteiger partial charge in [-0.1, -0.05) is 6.58 Å². The van der Waals surface area contributed by atoms with E-state index in [1.54, 1.807) is 11.9 Å². The lowest BCUT2D eigenvalue weighted by atomic mass is 9.87. The molecule has 4 aliphatic rings. The van der Waals surface area contributed by atoms with Gasteiger partial charge in [-0.05, 0) is 57.0 Å². The lowest BCUT2D eigenvalue weighted by Gasteiger charge is -2.47. The first-order valence-electron chi connectivity index (χ1n) is 13.6. The quantitative estimate of drug-likeness (QED) is 0.625. The van der Waals surface area contributed by atoms with Gasteiger partial charge < -0.3 is 24.9 Å². The van der Waals surface area contributed by atoms with Crippen LogP contribution in [0, 0.1) is 0 Å². The number of urea groups is 1. The molecule has 0 radical (unpaired) electrons. The highest BCUT2D eigenvalue weighted by Crippen LogP contribution is 2.35. The molecule has 0 saturated carbocycles. The summed E-state index contributed by atoms with van der Waals surface area (Å²) in [5.74, 6) is 1.19. The van der Waals surface area contributed by atoms with Gasteiger partial charge in [0.1, 0.15) is 5.82 Å². The highest BCUT2D eigenvalue weighted by molar-refractivity contribution is 5.94. The molecule has 0 spiro atoms. The molecule has 2 atom stereocenters. The van der Waals surface area contributed by atoms with E-state index in [1.807, 2.05) is 28.1 Å². The Morgan fingerprint density at radius 1 is 0.947 bits per heavy atom. The fraction of sp³-hybridized carbons (Fsp3) is 0.500. The van der Waals surface area contributed by atoms with Gasteiger partial charge in [-0.15, -0.1) is 0 Å². The second-order valence-electron chi connectivity index (χ2n) is 10.9. The van der Waals surface area contributed by atoms with E-state index in [1.165, 1.54) is 5.69 Å². The van der Waals surface area contributed by atoms with Crippen molar-refractivity contribution in [3.05, 3.63) is 48.2 Å². The minimum absolute atomic E-state index is 0.0522. The number of hydrogen-bond acceptors (Lipinski definition) is 7. The highest BCUT2D eigenvalue weighted by Gasteiger charge is 2.41. The third-order valence-corrected chi connectivity index (χ3v) is 8.50. The van der Waals surface area contributed by atoms with Crippen molar-refractivity contribution >= 4 is 35.1 Å². The second kappa shape index (κ2) is 9.90. The minimum Gasteiger partial charge on any atom is -0.369 e. The molecule has 10 nitrogen and oxygen atoms in total. The Morgan fingerprint density at radius 3 is 2.45 bits per heavy atom. The molecule has 1 aromatic carbocycles. The number of amides is 3. The number of aromatic nitrogens is 2. The van der Waals surface area contributed by atoms with E-state index in [-0.39, 0.29) is 24.0 Å². The number of hydrogen-bond donors (Lipinski definition) is 1. The van der Waals surface area contributed by atoms with Gasteiger partial charge in [0, 0.05) is 80.6 Å². The molecule has 200 valence electrons. The lowest BCUT2D eigenvalue weighted by molar-refractivity contribution is -0.133. The summed E-state index contributed by atoms with van der Waals surface area (Å²) in [5, 5.41) is 3.29. The van der Waals surface area contributed by atoms with Crippen LogP contribution in [0.1, 0.15) is 31.2 Å². The molecule has 5 heterocycles. The Bertz CT molecular complexity index is 1240. The molecule has 2 aromatic rings. The van der Waals surface area contributed by atoms with Crippen LogP contribution in [0.2, 0.25) is 0 Å². The van der Waals surface area contributed by atoms with E-state index in [0.29, 0.717) is 30.4 Å². The van der Waals surface area contributed by atoms with E-state index < -0.39 is 0 Å². The van der Waals surface area contributed by atoms with Gasteiger partial charge in [0.25, 0.3) is 0 Å². The summed E-state index contributed by atoms with van der Waals surface area (Å²) in [5.41, 5.74) is 3.76. The van der Waals surface area contributed by atoms with E-state index >= 15 is 0 Å². The topological polar surface area (TPSA) is 88.2 Å². The molecule has 6 rings (SSSR count). The molecule has 1 aromatic heterocycles. The van der Waals surface area contributed by atoms with Crippen LogP contribution in [-0.2, 0) is 11.3 Å². The standard InChI is InChI=1S/C28H36N8O2/c1-19-4-7-23-16-24(10-11-35(23)26(19)37)36-18-20-17-29-27(31-25(20)33(3)28(36)38)30-21-5-8-22(9-6-21)34-14-12-32(2)13-15-34/h5-6,8-9,17,23-24H,1,4,7,10-16,18H2,2-3H3,(H,29,30,31)/t23-,24-/m0/s1. The molecular weight excluding hydrogens is 480 g/mol. The molecule has 0 aliphatic carbocycles. The first-order chi connectivity index (χ1) is 18.4. The van der Waals surface area contributed by atoms with Crippen LogP contribution in [0.3, 0.4) is 0 Å². The number of piperidine rings is 2. The van der Waals surface area contributed by atoms with Gasteiger partial charge in [-0.2, -0.15) is 4.98 Å². The summed E-state index contributed by atoms with van der Waals surface area (Å²) in [6, 6.07) is 8.56. The predicted molar refractivity (Wildman–Crippen MR) is 148 cm³/mol. The summed E-state index contributed by atoms with van der Waals surface area (Å²) in [6.45, 7) is 9.27. The van der Waals surface area contributed by atoms with Crippen molar-refractivity contribution in [2.45, 2.75) is 44.3 Å². The molecule has 4 aliphatic heterocycles. The molecule has 0 unspecified atom stereocenters. The Kier molecular flexibility index (Phi) is 6.43. The van der Waals surface area contributed by atoms with Crippen LogP contribution in [0.15, 0.2) is 42.6 Å². The van der Waals surface area contributed by atoms with Crippen LogP contribution in [0.4, 0.5) is 27.9 Å². The number of fused-ring (bicyclic) bond motifs is 2. The number of nitrogens with zero attached hydrogens (tertiary/aromatic N) is 7. The highest BCUT2D eigenvalue weighted by atomic mass is 16.2. The second-order valence-corrected chi connectivity index (χ2v) is 10.9. The lowest BCUT2D eigenvalue weighted by Crippen LogP contribution is -2.57. The van der Waals surface area contributed by atoms with Crippen molar-refractivity contribution in [2.75, 3.05) is 61.9 Å². The zero-order valence-electron chi connectivity index (χ0n) is 22.3. The molecule has 38 heavy (non-hydrogen) atoms. The van der Waals surface area contributed by atoms with Crippen molar-refractivity contribution in [3.8, 4) is 0 Å². The summed E-state index contributed by atoms with van der Waals surface area (Å²) in [4.78, 5) is 45.4. The molecule has 0 bridgehead atoms. The molecule has 3 fully saturated rings. The predicted octanol–water partition coefficient (Wildman–Crippen LogP) is 3.05. The molecule has 3 amide bonds. The van der Waals surface area contributed by atoms with Gasteiger partial charge in [0.05, 0.1) is 6.54 Å². The third kappa shape index (κ3) is 4.57. The SMILES string of the molecule is C=C1CC[C@H]2C[C@@H](N3Cc4cnc(Nc5ccc(N6CCN(C)CC6)cc5)nc4N(C)C3=O)CCN2C1=O. The molecule has 10 heteroatoms. The van der Waals surface area contributed by atoms with Crippen molar-refractivity contribution in [2.24, 2.45) is 0 Å². The first kappa shape index (κ1) is 24.7. The van der Waals surface area contributed by atoms with Crippen molar-refractivity contribution < 1.29 is 9.59 Å². The van der Waals surface area contributed by atoms with Gasteiger partial charge in [-0.3, -0.25) is 9.69 Å². The maximum absolute atomic E-state index is 13.4. The van der Waals surface area contributed by atoms with Gasteiger partial charge in [0.15, 0.2) is 0 Å². The van der Waals surface area contributed by atoms with Gasteiger partial charge >= 0.3 is 6.03 Å². The zero-order valence-corrected chi connectivity index (χ0v) is 22.3. The monoisotopic (exact) mass is 516 g/mol. The first-order valence-corrected chi connectivity index (χ1v) is 13.6. The minimum atomic E-state index is -0.0522. The smallest absolute Gasteiger partial charge is 0.325 e. The number of benzene rings is 1. The Balaban J connectivity index is 1.12. The van der Waals surface area contributed by atoms with Crippen molar-refractivity contribution in [3.63, 3.8) is 0 Å². The average molecular weight is 517 g/mol. The van der Waals surface area contributed by atoms with Crippen molar-refractivity contribution in [1.29, 1.82) is 0 Å². The number of carbonyl (C=O) groups excluding carboxylic acids is 2. The van der Waals surface area contributed by atoms with Crippen LogP contribution < -0.4 is 15.1 Å². The average Bonchev–Trinajstić information content (AvgIpc) is 2.94. The fourth-order valence-electron chi connectivity index (χ4n) is 6.13. The summed E-state index contributed by atoms with van der Waals surface area (Å²) in [6.07, 6.45) is 5.06. The van der Waals surface area contributed by atoms with Crippen LogP contribution in [0.25, 0.3) is 0 Å². The molecular formula is C28H36N8O2. The Morgan fingerprint density at radius 2 is 1.68 bits per heavy atom. The largest absolute Gasteiger partial charge is 0.369 e. The van der Waals surface area contributed by atoms with E-state index in [4.69, 9.17) is 4.98 Å². The summed E-state index contributed by atoms with van der Waals surface area (Å²) in [7, 11) is 3.93. The normalized spacial score (nSPS) is 24.4. The van der Waals surface area contributed by atoms with E-state index in [2.05, 4.69) is 45.9 Å². The van der Waals surface area contributed by atoms with Crippen LogP contribution in [0.5, 0.6) is 0 Å². The van der Waals surface area contributed by atoms with Crippen LogP contribution >= 0.6 is 0 Å². The molecule has 3 saturated heterocycles. The van der Waals surface area contributed by atoms with Gasteiger partial charge in [-0.25, -0.2) is 9.78 Å². The number of rotatable bonds is 4. The molecule has 1 N–H and O–H groups in total.